The molecule has 1 aliphatic rings. The van der Waals surface area contributed by atoms with Gasteiger partial charge in [0.2, 0.25) is 0 Å². The maximum Gasteiger partial charge on any atom is 0.127 e. The van der Waals surface area contributed by atoms with Crippen molar-refractivity contribution < 1.29 is 9.47 Å². The van der Waals surface area contributed by atoms with Crippen LogP contribution in [0.15, 0.2) is 36.4 Å². The van der Waals surface area contributed by atoms with Crippen molar-refractivity contribution in [1.82, 2.24) is 0 Å². The topological polar surface area (TPSA) is 18.5 Å². The molecule has 0 atom stereocenters. The van der Waals surface area contributed by atoms with Crippen LogP contribution in [0.1, 0.15) is 24.0 Å². The molecule has 0 saturated heterocycles. The number of benzene rings is 3. The Morgan fingerprint density at radius 3 is 2.32 bits per heavy atom. The van der Waals surface area contributed by atoms with Gasteiger partial charge < -0.3 is 9.47 Å². The number of methoxy groups -OCH3 is 2. The third kappa shape index (κ3) is 1.94. The Morgan fingerprint density at radius 2 is 1.50 bits per heavy atom. The quantitative estimate of drug-likeness (QED) is 0.626. The SMILES string of the molecule is COc1ccc2c(c1)c(OC)cc1c3c(ccc12)CCCC3. The van der Waals surface area contributed by atoms with Crippen molar-refractivity contribution in [2.24, 2.45) is 0 Å². The van der Waals surface area contributed by atoms with E-state index in [-0.39, 0.29) is 0 Å². The molecule has 0 saturated carbocycles. The van der Waals surface area contributed by atoms with Gasteiger partial charge in [0.25, 0.3) is 0 Å². The number of ether oxygens (including phenoxy) is 2. The van der Waals surface area contributed by atoms with Gasteiger partial charge in [0, 0.05) is 5.39 Å². The number of fused-ring (bicyclic) bond motifs is 5. The van der Waals surface area contributed by atoms with E-state index < -0.39 is 0 Å². The van der Waals surface area contributed by atoms with Gasteiger partial charge in [-0.25, -0.2) is 0 Å². The average Bonchev–Trinajstić information content (AvgIpc) is 2.60. The first-order chi connectivity index (χ1) is 10.8. The molecule has 2 heteroatoms. The molecule has 2 nitrogen and oxygen atoms in total. The highest BCUT2D eigenvalue weighted by Gasteiger charge is 2.16. The van der Waals surface area contributed by atoms with Crippen LogP contribution < -0.4 is 9.47 Å². The lowest BCUT2D eigenvalue weighted by Gasteiger charge is -2.20. The molecular weight excluding hydrogens is 272 g/mol. The predicted octanol–water partition coefficient (Wildman–Crippen LogP) is 4.89. The monoisotopic (exact) mass is 292 g/mol. The maximum atomic E-state index is 5.67. The molecule has 0 N–H and O–H groups in total. The number of aryl methyl sites for hydroxylation is 2. The second kappa shape index (κ2) is 5.20. The summed E-state index contributed by atoms with van der Waals surface area (Å²) < 4.78 is 11.0. The molecular formula is C20H20O2. The summed E-state index contributed by atoms with van der Waals surface area (Å²) in [6, 6.07) is 13.0. The van der Waals surface area contributed by atoms with Crippen LogP contribution in [0.25, 0.3) is 21.5 Å². The Bertz CT molecular complexity index is 859. The second-order valence-corrected chi connectivity index (χ2v) is 6.00. The number of hydrogen-bond donors (Lipinski definition) is 0. The van der Waals surface area contributed by atoms with Gasteiger partial charge in [-0.3, -0.25) is 0 Å². The molecule has 4 rings (SSSR count). The van der Waals surface area contributed by atoms with E-state index in [2.05, 4.69) is 30.3 Å². The minimum atomic E-state index is 0.864. The molecule has 1 aliphatic carbocycles. The van der Waals surface area contributed by atoms with Crippen molar-refractivity contribution in [3.63, 3.8) is 0 Å². The van der Waals surface area contributed by atoms with Gasteiger partial charge in [-0.05, 0) is 77.2 Å². The maximum absolute atomic E-state index is 5.67. The molecule has 112 valence electrons. The predicted molar refractivity (Wildman–Crippen MR) is 91.2 cm³/mol. The number of hydrogen-bond acceptors (Lipinski definition) is 2. The van der Waals surface area contributed by atoms with Crippen LogP contribution >= 0.6 is 0 Å². The lowest BCUT2D eigenvalue weighted by Crippen LogP contribution is -2.03. The van der Waals surface area contributed by atoms with E-state index in [0.29, 0.717) is 0 Å². The van der Waals surface area contributed by atoms with Crippen molar-refractivity contribution >= 4 is 21.5 Å². The van der Waals surface area contributed by atoms with Crippen LogP contribution in [0.2, 0.25) is 0 Å². The molecule has 0 amide bonds. The average molecular weight is 292 g/mol. The molecule has 22 heavy (non-hydrogen) atoms. The summed E-state index contributed by atoms with van der Waals surface area (Å²) in [6.45, 7) is 0. The summed E-state index contributed by atoms with van der Waals surface area (Å²) in [4.78, 5) is 0. The summed E-state index contributed by atoms with van der Waals surface area (Å²) in [5.74, 6) is 1.79. The molecule has 0 aromatic heterocycles. The summed E-state index contributed by atoms with van der Waals surface area (Å²) in [5, 5.41) is 5.03. The fourth-order valence-electron chi connectivity index (χ4n) is 3.72. The Labute approximate surface area is 130 Å². The van der Waals surface area contributed by atoms with Gasteiger partial charge in [-0.15, -0.1) is 0 Å². The van der Waals surface area contributed by atoms with E-state index in [4.69, 9.17) is 9.47 Å². The summed E-state index contributed by atoms with van der Waals surface area (Å²) in [6.07, 6.45) is 4.97. The zero-order valence-electron chi connectivity index (χ0n) is 13.1. The molecule has 0 unspecified atom stereocenters. The van der Waals surface area contributed by atoms with Gasteiger partial charge in [-0.1, -0.05) is 12.1 Å². The van der Waals surface area contributed by atoms with Gasteiger partial charge in [-0.2, -0.15) is 0 Å². The molecule has 0 radical (unpaired) electrons. The highest BCUT2D eigenvalue weighted by molar-refractivity contribution is 6.11. The van der Waals surface area contributed by atoms with Crippen molar-refractivity contribution in [3.05, 3.63) is 47.5 Å². The normalized spacial score (nSPS) is 14.1. The Morgan fingerprint density at radius 1 is 0.727 bits per heavy atom. The Hall–Kier alpha value is -2.22. The lowest BCUT2D eigenvalue weighted by atomic mass is 9.86. The van der Waals surface area contributed by atoms with Gasteiger partial charge in [0.05, 0.1) is 14.2 Å². The van der Waals surface area contributed by atoms with Gasteiger partial charge in [0.15, 0.2) is 0 Å². The van der Waals surface area contributed by atoms with Crippen LogP contribution in [0.5, 0.6) is 11.5 Å². The summed E-state index contributed by atoms with van der Waals surface area (Å²) >= 11 is 0. The largest absolute Gasteiger partial charge is 0.497 e. The van der Waals surface area contributed by atoms with E-state index in [9.17, 15) is 0 Å². The van der Waals surface area contributed by atoms with Crippen LogP contribution in [0.4, 0.5) is 0 Å². The van der Waals surface area contributed by atoms with E-state index in [0.717, 1.165) is 16.9 Å². The third-order valence-electron chi connectivity index (χ3n) is 4.85. The molecule has 0 spiro atoms. The molecule has 0 heterocycles. The minimum Gasteiger partial charge on any atom is -0.497 e. The molecule has 3 aromatic carbocycles. The second-order valence-electron chi connectivity index (χ2n) is 6.00. The van der Waals surface area contributed by atoms with Crippen molar-refractivity contribution in [2.45, 2.75) is 25.7 Å². The van der Waals surface area contributed by atoms with Gasteiger partial charge in [0.1, 0.15) is 11.5 Å². The summed E-state index contributed by atoms with van der Waals surface area (Å²) in [5.41, 5.74) is 3.02. The van der Waals surface area contributed by atoms with Gasteiger partial charge >= 0.3 is 0 Å². The van der Waals surface area contributed by atoms with Crippen molar-refractivity contribution in [3.8, 4) is 11.5 Å². The van der Waals surface area contributed by atoms with Crippen LogP contribution in [-0.2, 0) is 12.8 Å². The first-order valence-electron chi connectivity index (χ1n) is 7.91. The first-order valence-corrected chi connectivity index (χ1v) is 7.91. The van der Waals surface area contributed by atoms with E-state index in [1.54, 1.807) is 14.2 Å². The fraction of sp³-hybridized carbons (Fsp3) is 0.300. The summed E-state index contributed by atoms with van der Waals surface area (Å²) in [7, 11) is 3.44. The number of rotatable bonds is 2. The first kappa shape index (κ1) is 13.4. The van der Waals surface area contributed by atoms with E-state index >= 15 is 0 Å². The molecule has 3 aromatic rings. The molecule has 0 fully saturated rings. The van der Waals surface area contributed by atoms with Crippen molar-refractivity contribution in [2.75, 3.05) is 14.2 Å². The van der Waals surface area contributed by atoms with E-state index in [1.165, 1.54) is 53.0 Å². The minimum absolute atomic E-state index is 0.864. The standard InChI is InChI=1S/C20H20O2/c1-21-14-8-10-17-16-9-7-13-5-3-4-6-15(13)18(16)12-20(22-2)19(17)11-14/h7-12H,3-6H2,1-2H3. The van der Waals surface area contributed by atoms with E-state index in [1.807, 2.05) is 6.07 Å². The lowest BCUT2D eigenvalue weighted by molar-refractivity contribution is 0.412. The molecule has 0 bridgehead atoms. The van der Waals surface area contributed by atoms with Crippen LogP contribution in [0, 0.1) is 0 Å². The fourth-order valence-corrected chi connectivity index (χ4v) is 3.72. The van der Waals surface area contributed by atoms with Crippen molar-refractivity contribution in [1.29, 1.82) is 0 Å². The molecule has 0 aliphatic heterocycles. The zero-order valence-corrected chi connectivity index (χ0v) is 13.1. The highest BCUT2D eigenvalue weighted by Crippen LogP contribution is 2.39. The zero-order chi connectivity index (χ0) is 15.1. The highest BCUT2D eigenvalue weighted by atomic mass is 16.5. The Kier molecular flexibility index (Phi) is 3.18. The Balaban J connectivity index is 2.11. The van der Waals surface area contributed by atoms with Crippen LogP contribution in [0.3, 0.4) is 0 Å². The smallest absolute Gasteiger partial charge is 0.127 e. The van der Waals surface area contributed by atoms with Crippen LogP contribution in [-0.4, -0.2) is 14.2 Å². The third-order valence-corrected chi connectivity index (χ3v) is 4.85.